The molecule has 9 heteroatoms. The molecule has 2 aromatic heterocycles. The van der Waals surface area contributed by atoms with Crippen LogP contribution >= 0.6 is 11.6 Å². The molecule has 114 valence electrons. The highest BCUT2D eigenvalue weighted by Gasteiger charge is 2.42. The van der Waals surface area contributed by atoms with Gasteiger partial charge in [0.05, 0.1) is 5.92 Å². The summed E-state index contributed by atoms with van der Waals surface area (Å²) in [6.07, 6.45) is -2.25. The van der Waals surface area contributed by atoms with E-state index in [0.29, 0.717) is 24.3 Å². The molecule has 0 radical (unpaired) electrons. The predicted octanol–water partition coefficient (Wildman–Crippen LogP) is 2.86. The number of aromatic nitrogens is 4. The van der Waals surface area contributed by atoms with Crippen molar-refractivity contribution in [2.75, 3.05) is 18.0 Å². The van der Waals surface area contributed by atoms with Crippen LogP contribution in [-0.4, -0.2) is 38.8 Å². The minimum absolute atomic E-state index is 0.0976. The maximum Gasteiger partial charge on any atom is 0.393 e. The van der Waals surface area contributed by atoms with E-state index in [1.165, 1.54) is 10.8 Å². The van der Waals surface area contributed by atoms with Crippen LogP contribution in [0.15, 0.2) is 6.33 Å². The molecule has 1 aliphatic heterocycles. The largest absolute Gasteiger partial charge is 0.393 e. The van der Waals surface area contributed by atoms with Crippen LogP contribution < -0.4 is 4.90 Å². The molecule has 3 rings (SSSR count). The summed E-state index contributed by atoms with van der Waals surface area (Å²) in [5.74, 6) is -0.512. The number of hydrogen-bond donors (Lipinski definition) is 0. The number of piperidine rings is 1. The maximum atomic E-state index is 13.0. The van der Waals surface area contributed by atoms with Gasteiger partial charge in [0.15, 0.2) is 0 Å². The number of nitrogens with zero attached hydrogens (tertiary/aromatic N) is 5. The average molecular weight is 320 g/mol. The van der Waals surface area contributed by atoms with Crippen LogP contribution in [0.25, 0.3) is 5.78 Å². The van der Waals surface area contributed by atoms with Crippen molar-refractivity contribution in [2.45, 2.75) is 25.9 Å². The van der Waals surface area contributed by atoms with Crippen molar-refractivity contribution in [1.82, 2.24) is 19.6 Å². The first-order valence-electron chi connectivity index (χ1n) is 6.55. The van der Waals surface area contributed by atoms with Gasteiger partial charge < -0.3 is 4.90 Å². The molecule has 2 aromatic rings. The van der Waals surface area contributed by atoms with Crippen LogP contribution in [0.1, 0.15) is 18.4 Å². The SMILES string of the molecule is Cc1c(Cl)nc2ncnn2c1N1CCCC(C(F)(F)F)C1. The van der Waals surface area contributed by atoms with Crippen molar-refractivity contribution < 1.29 is 13.2 Å². The molecule has 0 aromatic carbocycles. The number of alkyl halides is 3. The van der Waals surface area contributed by atoms with Gasteiger partial charge in [0.1, 0.15) is 17.3 Å². The summed E-state index contributed by atoms with van der Waals surface area (Å²) in [4.78, 5) is 9.69. The third-order valence-electron chi connectivity index (χ3n) is 3.76. The highest BCUT2D eigenvalue weighted by atomic mass is 35.5. The van der Waals surface area contributed by atoms with E-state index in [1.54, 1.807) is 11.8 Å². The van der Waals surface area contributed by atoms with Crippen LogP contribution in [0.4, 0.5) is 19.0 Å². The van der Waals surface area contributed by atoms with Crippen LogP contribution in [0.5, 0.6) is 0 Å². The second-order valence-corrected chi connectivity index (χ2v) is 5.51. The standard InChI is InChI=1S/C12H13ClF3N5/c1-7-9(13)19-11-17-6-18-21(11)10(7)20-4-2-3-8(5-20)12(14,15)16/h6,8H,2-5H2,1H3. The summed E-state index contributed by atoms with van der Waals surface area (Å²) >= 11 is 6.05. The Morgan fingerprint density at radius 1 is 1.38 bits per heavy atom. The number of rotatable bonds is 1. The lowest BCUT2D eigenvalue weighted by Crippen LogP contribution is -2.42. The van der Waals surface area contributed by atoms with Gasteiger partial charge >= 0.3 is 6.18 Å². The number of fused-ring (bicyclic) bond motifs is 1. The van der Waals surface area contributed by atoms with Crippen molar-refractivity contribution in [3.8, 4) is 0 Å². The highest BCUT2D eigenvalue weighted by molar-refractivity contribution is 6.30. The van der Waals surface area contributed by atoms with Gasteiger partial charge in [0.2, 0.25) is 0 Å². The van der Waals surface area contributed by atoms with E-state index < -0.39 is 12.1 Å². The van der Waals surface area contributed by atoms with Gasteiger partial charge in [-0.25, -0.2) is 0 Å². The Kier molecular flexibility index (Phi) is 3.43. The molecule has 0 saturated carbocycles. The molecule has 0 N–H and O–H groups in total. The second kappa shape index (κ2) is 5.01. The van der Waals surface area contributed by atoms with Crippen LogP contribution in [0.3, 0.4) is 0 Å². The summed E-state index contributed by atoms with van der Waals surface area (Å²) in [7, 11) is 0. The summed E-state index contributed by atoms with van der Waals surface area (Å²) in [6, 6.07) is 0. The normalized spacial score (nSPS) is 20.2. The molecule has 21 heavy (non-hydrogen) atoms. The minimum atomic E-state index is -4.19. The Labute approximate surface area is 123 Å². The van der Waals surface area contributed by atoms with Crippen LogP contribution in [0.2, 0.25) is 5.15 Å². The van der Waals surface area contributed by atoms with Gasteiger partial charge in [0.25, 0.3) is 5.78 Å². The number of anilines is 1. The molecule has 1 atom stereocenters. The van der Waals surface area contributed by atoms with Crippen molar-refractivity contribution >= 4 is 23.2 Å². The molecular weight excluding hydrogens is 307 g/mol. The summed E-state index contributed by atoms with van der Waals surface area (Å²) in [5.41, 5.74) is 0.609. The van der Waals surface area contributed by atoms with Crippen LogP contribution in [0, 0.1) is 12.8 Å². The number of hydrogen-bond acceptors (Lipinski definition) is 4. The Balaban J connectivity index is 2.03. The third kappa shape index (κ3) is 2.52. The van der Waals surface area contributed by atoms with E-state index in [0.717, 1.165) is 0 Å². The van der Waals surface area contributed by atoms with Gasteiger partial charge in [-0.15, -0.1) is 0 Å². The quantitative estimate of drug-likeness (QED) is 0.758. The van der Waals surface area contributed by atoms with E-state index in [4.69, 9.17) is 11.6 Å². The molecule has 5 nitrogen and oxygen atoms in total. The fraction of sp³-hybridized carbons (Fsp3) is 0.583. The lowest BCUT2D eigenvalue weighted by Gasteiger charge is -2.35. The average Bonchev–Trinajstić information content (AvgIpc) is 2.87. The van der Waals surface area contributed by atoms with Gasteiger partial charge in [-0.1, -0.05) is 11.6 Å². The molecule has 1 saturated heterocycles. The Morgan fingerprint density at radius 2 is 2.14 bits per heavy atom. The van der Waals surface area contributed by atoms with Gasteiger partial charge in [-0.2, -0.15) is 32.8 Å². The van der Waals surface area contributed by atoms with Crippen molar-refractivity contribution in [2.24, 2.45) is 5.92 Å². The smallest absolute Gasteiger partial charge is 0.356 e. The zero-order valence-corrected chi connectivity index (χ0v) is 12.0. The molecular formula is C12H13ClF3N5. The fourth-order valence-corrected chi connectivity index (χ4v) is 2.85. The molecule has 3 heterocycles. The first-order valence-corrected chi connectivity index (χ1v) is 6.93. The molecule has 1 fully saturated rings. The van der Waals surface area contributed by atoms with Gasteiger partial charge in [-0.3, -0.25) is 0 Å². The van der Waals surface area contributed by atoms with Crippen LogP contribution in [-0.2, 0) is 0 Å². The molecule has 0 bridgehead atoms. The molecule has 1 unspecified atom stereocenters. The summed E-state index contributed by atoms with van der Waals surface area (Å²) in [6.45, 7) is 2.16. The van der Waals surface area contributed by atoms with E-state index in [9.17, 15) is 13.2 Å². The van der Waals surface area contributed by atoms with Crippen molar-refractivity contribution in [3.05, 3.63) is 17.0 Å². The molecule has 0 spiro atoms. The first kappa shape index (κ1) is 14.4. The van der Waals surface area contributed by atoms with E-state index in [1.807, 2.05) is 0 Å². The van der Waals surface area contributed by atoms with Gasteiger partial charge in [-0.05, 0) is 19.8 Å². The zero-order chi connectivity index (χ0) is 15.2. The Hall–Kier alpha value is -1.57. The fourth-order valence-electron chi connectivity index (χ4n) is 2.69. The lowest BCUT2D eigenvalue weighted by molar-refractivity contribution is -0.176. The van der Waals surface area contributed by atoms with E-state index in [2.05, 4.69) is 15.1 Å². The minimum Gasteiger partial charge on any atom is -0.356 e. The molecule has 0 aliphatic carbocycles. The lowest BCUT2D eigenvalue weighted by atomic mass is 9.97. The Morgan fingerprint density at radius 3 is 2.86 bits per heavy atom. The highest BCUT2D eigenvalue weighted by Crippen LogP contribution is 2.36. The van der Waals surface area contributed by atoms with Crippen molar-refractivity contribution in [1.29, 1.82) is 0 Å². The number of halogens is 4. The molecule has 0 amide bonds. The monoisotopic (exact) mass is 319 g/mol. The third-order valence-corrected chi connectivity index (χ3v) is 4.13. The maximum absolute atomic E-state index is 13.0. The predicted molar refractivity (Wildman–Crippen MR) is 71.5 cm³/mol. The summed E-state index contributed by atoms with van der Waals surface area (Å²) in [5, 5.41) is 4.28. The Bertz CT molecular complexity index is 669. The second-order valence-electron chi connectivity index (χ2n) is 5.15. The molecule has 1 aliphatic rings. The van der Waals surface area contributed by atoms with Crippen molar-refractivity contribution in [3.63, 3.8) is 0 Å². The summed E-state index contributed by atoms with van der Waals surface area (Å²) < 4.78 is 40.3. The topological polar surface area (TPSA) is 46.3 Å². The van der Waals surface area contributed by atoms with Gasteiger partial charge in [0, 0.05) is 18.7 Å². The van der Waals surface area contributed by atoms with E-state index in [-0.39, 0.29) is 23.9 Å². The van der Waals surface area contributed by atoms with E-state index >= 15 is 0 Å². The zero-order valence-electron chi connectivity index (χ0n) is 11.2. The first-order chi connectivity index (χ1) is 9.88.